The molecule has 114 heavy (non-hydrogen) atoms. The van der Waals surface area contributed by atoms with Crippen molar-refractivity contribution in [1.82, 2.24) is 0 Å². The van der Waals surface area contributed by atoms with E-state index in [0.717, 1.165) is 0 Å². The van der Waals surface area contributed by atoms with Crippen LogP contribution in [0, 0.1) is 0 Å². The molecule has 0 aromatic heterocycles. The zero-order chi connectivity index (χ0) is 75.0. The number of hydrogen-bond donors (Lipinski definition) is 0. The number of hydrogen-bond acceptors (Lipinski definition) is 0. The maximum Gasteiger partial charge on any atom is 0.0725 e. The second-order valence-electron chi connectivity index (χ2n) is 31.3. The first kappa shape index (κ1) is 65.3. The van der Waals surface area contributed by atoms with Gasteiger partial charge in [0.15, 0.2) is 0 Å². The van der Waals surface area contributed by atoms with E-state index in [1.54, 1.807) is 0 Å². The van der Waals surface area contributed by atoms with Gasteiger partial charge >= 0.3 is 0 Å². The molecule has 0 radical (unpaired) electrons. The molecule has 1 spiro atoms. The monoisotopic (exact) mass is 1440 g/mol. The van der Waals surface area contributed by atoms with Gasteiger partial charge in [0.2, 0.25) is 0 Å². The smallest absolute Gasteiger partial charge is 0.0622 e. The van der Waals surface area contributed by atoms with Crippen molar-refractivity contribution in [3.05, 3.63) is 481 Å². The third kappa shape index (κ3) is 10.2. The van der Waals surface area contributed by atoms with Crippen LogP contribution in [0.15, 0.2) is 437 Å². The molecule has 0 unspecified atom stereocenters. The molecule has 0 nitrogen and oxygen atoms in total. The fourth-order valence-electron chi connectivity index (χ4n) is 20.1. The van der Waals surface area contributed by atoms with Crippen molar-refractivity contribution in [1.29, 1.82) is 0 Å². The van der Waals surface area contributed by atoms with E-state index < -0.39 is 5.41 Å². The fraction of sp³-hybridized carbons (Fsp3) is 0.0175. The largest absolute Gasteiger partial charge is 0.0725 e. The Morgan fingerprint density at radius 2 is 0.439 bits per heavy atom. The molecule has 0 saturated heterocycles. The summed E-state index contributed by atoms with van der Waals surface area (Å²) in [7, 11) is 0. The lowest BCUT2D eigenvalue weighted by atomic mass is 9.67. The lowest BCUT2D eigenvalue weighted by Crippen LogP contribution is -2.28. The number of rotatable bonds is 8. The normalized spacial score (nSPS) is 13.1. The van der Waals surface area contributed by atoms with Gasteiger partial charge in [-0.25, -0.2) is 0 Å². The molecule has 21 aromatic rings. The van der Waals surface area contributed by atoms with E-state index in [9.17, 15) is 0 Å². The van der Waals surface area contributed by atoms with Crippen molar-refractivity contribution in [3.63, 3.8) is 0 Å². The Kier molecular flexibility index (Phi) is 14.9. The minimum atomic E-state index is -0.498. The highest BCUT2D eigenvalue weighted by molar-refractivity contribution is 6.23. The zero-order valence-electron chi connectivity index (χ0n) is 62.6. The highest BCUT2D eigenvalue weighted by atomic mass is 14.5. The van der Waals surface area contributed by atoms with Gasteiger partial charge in [-0.1, -0.05) is 370 Å². The van der Waals surface area contributed by atoms with E-state index in [-0.39, 0.29) is 5.41 Å². The average molecular weight is 1440 g/mol. The first-order chi connectivity index (χ1) is 56.5. The van der Waals surface area contributed by atoms with Crippen LogP contribution in [0.3, 0.4) is 0 Å². The highest BCUT2D eigenvalue weighted by Crippen LogP contribution is 2.64. The van der Waals surface area contributed by atoms with Crippen molar-refractivity contribution < 1.29 is 0 Å². The summed E-state index contributed by atoms with van der Waals surface area (Å²) < 4.78 is 0. The van der Waals surface area contributed by atoms with Gasteiger partial charge in [-0.05, 0) is 287 Å². The summed E-state index contributed by atoms with van der Waals surface area (Å²) in [5.41, 5.74) is 32.6. The molecule has 0 heteroatoms. The Morgan fingerprint density at radius 3 is 0.947 bits per heavy atom. The molecule has 0 fully saturated rings. The number of fused-ring (bicyclic) bond motifs is 22. The fourth-order valence-corrected chi connectivity index (χ4v) is 20.1. The van der Waals surface area contributed by atoms with Crippen LogP contribution in [-0.4, -0.2) is 0 Å². The molecule has 21 aromatic carbocycles. The minimum absolute atomic E-state index is 0.319. The van der Waals surface area contributed by atoms with Crippen LogP contribution >= 0.6 is 0 Å². The second-order valence-corrected chi connectivity index (χ2v) is 31.3. The van der Waals surface area contributed by atoms with Gasteiger partial charge in [-0.15, -0.1) is 0 Å². The molecule has 3 aliphatic carbocycles. The van der Waals surface area contributed by atoms with Crippen molar-refractivity contribution in [2.24, 2.45) is 0 Å². The third-order valence-electron chi connectivity index (χ3n) is 25.3. The third-order valence-corrected chi connectivity index (χ3v) is 25.3. The zero-order valence-corrected chi connectivity index (χ0v) is 62.6. The molecular weight excluding hydrogens is 1370 g/mol. The Balaban J connectivity index is 0.000000136. The number of benzene rings is 21. The quantitative estimate of drug-likeness (QED) is 0.133. The molecule has 0 N–H and O–H groups in total. The summed E-state index contributed by atoms with van der Waals surface area (Å²) in [5, 5.41) is 17.8. The van der Waals surface area contributed by atoms with E-state index >= 15 is 0 Å². The Labute approximate surface area is 663 Å². The maximum absolute atomic E-state index is 2.47. The lowest BCUT2D eigenvalue weighted by Gasteiger charge is -2.34. The molecule has 0 heterocycles. The van der Waals surface area contributed by atoms with Gasteiger partial charge in [0.1, 0.15) is 0 Å². The van der Waals surface area contributed by atoms with Gasteiger partial charge in [-0.3, -0.25) is 0 Å². The summed E-state index contributed by atoms with van der Waals surface area (Å²) in [6, 6.07) is 163. The van der Waals surface area contributed by atoms with E-state index in [1.165, 1.54) is 220 Å². The van der Waals surface area contributed by atoms with Crippen LogP contribution in [-0.2, 0) is 10.8 Å². The summed E-state index contributed by atoms with van der Waals surface area (Å²) in [6.45, 7) is 0. The molecule has 0 atom stereocenters. The predicted octanol–water partition coefficient (Wildman–Crippen LogP) is 30.2. The molecule has 24 rings (SSSR count). The molecule has 528 valence electrons. The second kappa shape index (κ2) is 26.0. The maximum atomic E-state index is 2.47. The molecular formula is C114H72. The summed E-state index contributed by atoms with van der Waals surface area (Å²) in [4.78, 5) is 0. The highest BCUT2D eigenvalue weighted by Gasteiger charge is 2.52. The van der Waals surface area contributed by atoms with Crippen LogP contribution in [0.4, 0.5) is 0 Å². The Hall–Kier alpha value is -14.6. The Bertz CT molecular complexity index is 7460. The Morgan fingerprint density at radius 1 is 0.123 bits per heavy atom. The van der Waals surface area contributed by atoms with Crippen molar-refractivity contribution in [3.8, 4) is 100 Å². The standard InChI is InChI=1S/C59H36.C55H36/c1-2-15-46-37(12-1)24-29-45-36-52(47-16-3-4-20-51(47)58(45)46)44-28-27-41-33-40(25-26-42(41)34-44)38-13-11-14-39(32-38)43-30-31-57-53(35-43)50-19-7-10-23-56(50)59(57)54-21-8-5-17-48(54)49-18-6-9-22-55(49)59;1-3-15-49(16-4-1)55(50-17-5-2-6-18-50)53-35-47(45-22-20-38-12-8-10-14-40(38)32-45)27-29-51(53)52-30-28-48(36-54(52)55)46-26-25-43-33-42(23-24-44(43)34-46)41-21-19-37-11-7-9-13-39(37)31-41/h1-36H;1-36H. The van der Waals surface area contributed by atoms with E-state index in [0.29, 0.717) is 0 Å². The summed E-state index contributed by atoms with van der Waals surface area (Å²) in [6.07, 6.45) is 0. The first-order valence-corrected chi connectivity index (χ1v) is 39.8. The van der Waals surface area contributed by atoms with Crippen LogP contribution < -0.4 is 0 Å². The van der Waals surface area contributed by atoms with E-state index in [1.807, 2.05) is 0 Å². The van der Waals surface area contributed by atoms with Crippen molar-refractivity contribution in [2.75, 3.05) is 0 Å². The van der Waals surface area contributed by atoms with Gasteiger partial charge in [0, 0.05) is 0 Å². The topological polar surface area (TPSA) is 0 Å². The summed E-state index contributed by atoms with van der Waals surface area (Å²) in [5.74, 6) is 0. The van der Waals surface area contributed by atoms with E-state index in [2.05, 4.69) is 437 Å². The average Bonchev–Trinajstić information content (AvgIpc) is 1.52. The molecule has 0 saturated carbocycles. The van der Waals surface area contributed by atoms with Crippen molar-refractivity contribution in [2.45, 2.75) is 10.8 Å². The van der Waals surface area contributed by atoms with Gasteiger partial charge in [-0.2, -0.15) is 0 Å². The van der Waals surface area contributed by atoms with Gasteiger partial charge in [0.25, 0.3) is 0 Å². The molecule has 0 amide bonds. The van der Waals surface area contributed by atoms with E-state index in [4.69, 9.17) is 0 Å². The lowest BCUT2D eigenvalue weighted by molar-refractivity contribution is 0.769. The molecule has 0 aliphatic heterocycles. The summed E-state index contributed by atoms with van der Waals surface area (Å²) >= 11 is 0. The van der Waals surface area contributed by atoms with Crippen LogP contribution in [0.1, 0.15) is 44.5 Å². The predicted molar refractivity (Wildman–Crippen MR) is 482 cm³/mol. The van der Waals surface area contributed by atoms with Crippen LogP contribution in [0.5, 0.6) is 0 Å². The van der Waals surface area contributed by atoms with Gasteiger partial charge in [0.05, 0.1) is 10.8 Å². The molecule has 0 bridgehead atoms. The SMILES string of the molecule is c1cc(-c2ccc3c(c2)-c2ccccc2C32c3ccccc3-c3ccccc32)cc(-c2ccc3cc(-c4cc5ccc6ccccc6c5c5ccccc45)ccc3c2)c1.c1ccc(C2(c3ccccc3)c3cc(-c4ccc5ccccc5c4)ccc3-c3ccc(-c4ccc5cc(-c6ccc7ccccc7c6)ccc5c4)cc32)cc1. The van der Waals surface area contributed by atoms with Crippen LogP contribution in [0.2, 0.25) is 0 Å². The minimum Gasteiger partial charge on any atom is -0.0622 e. The van der Waals surface area contributed by atoms with Crippen molar-refractivity contribution >= 4 is 75.4 Å². The first-order valence-electron chi connectivity index (χ1n) is 39.8. The molecule has 3 aliphatic rings. The van der Waals surface area contributed by atoms with Crippen LogP contribution in [0.25, 0.3) is 176 Å². The van der Waals surface area contributed by atoms with Gasteiger partial charge < -0.3 is 0 Å².